The molecular formula is C16H18N2O4S3. The second-order valence-corrected chi connectivity index (χ2v) is 11.8. The minimum Gasteiger partial charge on any atom is -0.593 e. The van der Waals surface area contributed by atoms with Gasteiger partial charge in [0.25, 0.3) is 0 Å². The molecule has 2 aliphatic heterocycles. The summed E-state index contributed by atoms with van der Waals surface area (Å²) in [6, 6.07) is 10.8. The van der Waals surface area contributed by atoms with E-state index in [1.807, 2.05) is 24.3 Å². The summed E-state index contributed by atoms with van der Waals surface area (Å²) >= 11 is 1.20. The molecule has 0 amide bonds. The lowest BCUT2D eigenvalue weighted by atomic mass is 9.74. The maximum Gasteiger partial charge on any atom is 0.229 e. The molecule has 4 rings (SSSR count). The molecule has 0 radical (unpaired) electrons. The van der Waals surface area contributed by atoms with Gasteiger partial charge in [0.1, 0.15) is 16.7 Å². The Kier molecular flexibility index (Phi) is 3.95. The Morgan fingerprint density at radius 1 is 1.08 bits per heavy atom. The highest BCUT2D eigenvalue weighted by Gasteiger charge is 2.56. The van der Waals surface area contributed by atoms with E-state index in [1.165, 1.54) is 26.2 Å². The van der Waals surface area contributed by atoms with Crippen LogP contribution in [0, 0.1) is 5.41 Å². The molecule has 1 saturated heterocycles. The van der Waals surface area contributed by atoms with Crippen molar-refractivity contribution < 1.29 is 17.5 Å². The molecule has 1 spiro atoms. The Balaban J connectivity index is 1.62. The second-order valence-electron chi connectivity index (χ2n) is 6.78. The van der Waals surface area contributed by atoms with E-state index in [2.05, 4.69) is 0 Å². The molecule has 0 saturated carbocycles. The highest BCUT2D eigenvalue weighted by atomic mass is 32.3. The van der Waals surface area contributed by atoms with Crippen LogP contribution >= 0.6 is 11.3 Å². The third-order valence-electron chi connectivity index (χ3n) is 4.82. The zero-order chi connectivity index (χ0) is 17.9. The van der Waals surface area contributed by atoms with Crippen molar-refractivity contribution in [2.75, 3.05) is 30.2 Å². The molecule has 6 nitrogen and oxygen atoms in total. The molecule has 1 aromatic heterocycles. The first-order valence-corrected chi connectivity index (χ1v) is 12.0. The number of hydrogen-bond donors (Lipinski definition) is 0. The average Bonchev–Trinajstić information content (AvgIpc) is 3.05. The van der Waals surface area contributed by atoms with Gasteiger partial charge in [0.2, 0.25) is 4.21 Å². The predicted octanol–water partition coefficient (Wildman–Crippen LogP) is 2.19. The lowest BCUT2D eigenvalue weighted by Crippen LogP contribution is -2.66. The molecule has 134 valence electrons. The van der Waals surface area contributed by atoms with Crippen LogP contribution in [0.5, 0.6) is 0 Å². The van der Waals surface area contributed by atoms with E-state index in [9.17, 15) is 17.5 Å². The van der Waals surface area contributed by atoms with Crippen LogP contribution in [0.1, 0.15) is 5.56 Å². The zero-order valence-electron chi connectivity index (χ0n) is 13.6. The van der Waals surface area contributed by atoms with Crippen molar-refractivity contribution in [2.24, 2.45) is 5.41 Å². The smallest absolute Gasteiger partial charge is 0.229 e. The van der Waals surface area contributed by atoms with E-state index in [0.717, 1.165) is 5.56 Å². The van der Waals surface area contributed by atoms with Crippen molar-refractivity contribution in [1.29, 1.82) is 0 Å². The fourth-order valence-corrected chi connectivity index (χ4v) is 7.52. The summed E-state index contributed by atoms with van der Waals surface area (Å²) in [7, 11) is -6.90. The first-order valence-electron chi connectivity index (χ1n) is 7.81. The summed E-state index contributed by atoms with van der Waals surface area (Å²) in [5.74, 6) is 0. The third-order valence-corrected chi connectivity index (χ3v) is 9.11. The molecule has 0 N–H and O–H groups in total. The van der Waals surface area contributed by atoms with E-state index in [0.29, 0.717) is 36.0 Å². The monoisotopic (exact) mass is 398 g/mol. The maximum atomic E-state index is 12.6. The minimum absolute atomic E-state index is 0.319. The second kappa shape index (κ2) is 5.70. The summed E-state index contributed by atoms with van der Waals surface area (Å²) in [6.45, 7) is 1.00. The van der Waals surface area contributed by atoms with Gasteiger partial charge in [-0.2, -0.15) is 4.31 Å². The van der Waals surface area contributed by atoms with Crippen LogP contribution in [-0.2, 0) is 35.6 Å². The van der Waals surface area contributed by atoms with Gasteiger partial charge in [-0.3, -0.25) is 0 Å². The van der Waals surface area contributed by atoms with E-state index >= 15 is 0 Å². The number of anilines is 1. The molecule has 2 atom stereocenters. The van der Waals surface area contributed by atoms with Crippen LogP contribution in [0.25, 0.3) is 0 Å². The molecule has 1 aromatic carbocycles. The van der Waals surface area contributed by atoms with E-state index in [-0.39, 0.29) is 5.41 Å². The number of benzene rings is 1. The number of para-hydroxylation sites is 1. The molecule has 2 aliphatic rings. The Bertz CT molecular complexity index is 887. The fraction of sp³-hybridized carbons (Fsp3) is 0.375. The number of sulfonamides is 2. The van der Waals surface area contributed by atoms with Crippen molar-refractivity contribution in [2.45, 2.75) is 10.6 Å². The summed E-state index contributed by atoms with van der Waals surface area (Å²) in [4.78, 5) is 0. The van der Waals surface area contributed by atoms with Crippen LogP contribution in [0.2, 0.25) is 0 Å². The molecule has 0 bridgehead atoms. The normalized spacial score (nSPS) is 24.2. The molecule has 2 unspecified atom stereocenters. The summed E-state index contributed by atoms with van der Waals surface area (Å²) in [6.07, 6.45) is 1.88. The highest BCUT2D eigenvalue weighted by molar-refractivity contribution is 7.98. The van der Waals surface area contributed by atoms with Crippen LogP contribution in [-0.4, -0.2) is 39.3 Å². The van der Waals surface area contributed by atoms with Gasteiger partial charge in [-0.05, 0) is 29.5 Å². The largest absolute Gasteiger partial charge is 0.593 e. The van der Waals surface area contributed by atoms with Crippen molar-refractivity contribution in [3.63, 3.8) is 0 Å². The Labute approximate surface area is 153 Å². The first-order chi connectivity index (χ1) is 11.7. The number of thiophene rings is 1. The van der Waals surface area contributed by atoms with Crippen LogP contribution in [0.3, 0.4) is 0 Å². The average molecular weight is 399 g/mol. The zero-order valence-corrected chi connectivity index (χ0v) is 16.1. The van der Waals surface area contributed by atoms with Gasteiger partial charge >= 0.3 is 0 Å². The van der Waals surface area contributed by atoms with Gasteiger partial charge in [-0.25, -0.2) is 0 Å². The van der Waals surface area contributed by atoms with Crippen molar-refractivity contribution in [3.8, 4) is 0 Å². The van der Waals surface area contributed by atoms with Gasteiger partial charge in [0.15, 0.2) is 10.4 Å². The molecular weight excluding hydrogens is 380 g/mol. The third kappa shape index (κ3) is 2.88. The van der Waals surface area contributed by atoms with E-state index in [1.54, 1.807) is 17.5 Å². The Hall–Kier alpha value is -1.10. The summed E-state index contributed by atoms with van der Waals surface area (Å²) in [5, 5.41) is 1.74. The van der Waals surface area contributed by atoms with Gasteiger partial charge < -0.3 is 9.11 Å². The van der Waals surface area contributed by atoms with Gasteiger partial charge in [0.05, 0.1) is 25.3 Å². The Morgan fingerprint density at radius 3 is 2.44 bits per heavy atom. The van der Waals surface area contributed by atoms with Crippen molar-refractivity contribution in [3.05, 3.63) is 47.3 Å². The fourth-order valence-electron chi connectivity index (χ4n) is 3.67. The summed E-state index contributed by atoms with van der Waals surface area (Å²) in [5.41, 5.74) is 1.30. The van der Waals surface area contributed by atoms with Crippen LogP contribution < -0.4 is 4.31 Å². The standard InChI is InChI=1S/C16H18N2O4S3/c1-24(19,20)18-12-16(9-13-5-2-3-6-14(13)18)10-17(11-16)25(21,22)15-7-4-8-23-15/h2-8H,9-12H2,1H3. The number of nitrogens with zero attached hydrogens (tertiary/aromatic N) is 2. The van der Waals surface area contributed by atoms with Crippen molar-refractivity contribution in [1.82, 2.24) is 4.31 Å². The van der Waals surface area contributed by atoms with Crippen LogP contribution in [0.15, 0.2) is 46.0 Å². The molecule has 0 aliphatic carbocycles. The highest BCUT2D eigenvalue weighted by Crippen LogP contribution is 2.46. The van der Waals surface area contributed by atoms with Crippen LogP contribution in [0.4, 0.5) is 5.69 Å². The Morgan fingerprint density at radius 2 is 1.80 bits per heavy atom. The van der Waals surface area contributed by atoms with Gasteiger partial charge in [-0.1, -0.05) is 38.0 Å². The van der Waals surface area contributed by atoms with Gasteiger partial charge in [0, 0.05) is 11.5 Å². The SMILES string of the molecule is C[S+](=O)([O-])N1CC2(Cc3ccccc31)CN([S+](=O)([O-])c1cccs1)C2. The topological polar surface area (TPSA) is 86.7 Å². The lowest BCUT2D eigenvalue weighted by molar-refractivity contribution is 0.0687. The first kappa shape index (κ1) is 17.3. The molecule has 2 aromatic rings. The predicted molar refractivity (Wildman–Crippen MR) is 97.7 cm³/mol. The van der Waals surface area contributed by atoms with Gasteiger partial charge in [-0.15, -0.1) is 4.31 Å². The van der Waals surface area contributed by atoms with E-state index in [4.69, 9.17) is 0 Å². The number of fused-ring (bicyclic) bond motifs is 1. The maximum absolute atomic E-state index is 12.6. The van der Waals surface area contributed by atoms with Crippen molar-refractivity contribution >= 4 is 37.8 Å². The number of rotatable bonds is 3. The minimum atomic E-state index is -3.48. The molecule has 1 fully saturated rings. The van der Waals surface area contributed by atoms with E-state index < -0.39 is 20.8 Å². The molecule has 3 heterocycles. The lowest BCUT2D eigenvalue weighted by Gasteiger charge is -2.53. The quantitative estimate of drug-likeness (QED) is 0.742. The molecule has 25 heavy (non-hydrogen) atoms. The number of hydrogen-bond acceptors (Lipinski definition) is 5. The summed E-state index contributed by atoms with van der Waals surface area (Å²) < 4.78 is 52.9. The molecule has 9 heteroatoms.